The van der Waals surface area contributed by atoms with E-state index < -0.39 is 23.5 Å². The molecule has 0 bridgehead atoms. The van der Waals surface area contributed by atoms with Gasteiger partial charge in [-0.25, -0.2) is 4.39 Å². The minimum atomic E-state index is -0.984. The second-order valence-corrected chi connectivity index (χ2v) is 9.83. The first kappa shape index (κ1) is 24.6. The minimum Gasteiger partial charge on any atom is -0.507 e. The van der Waals surface area contributed by atoms with Gasteiger partial charge in [0.25, 0.3) is 11.7 Å². The fraction of sp³-hybridized carbons (Fsp3) is 0.152. The SMILES string of the molecule is O=C1C(=O)N(c2cccc(F)c2)C(c2cccc(Oc3ccccc3)c2)/C1=C(/O)c1ccc2c(c1)CCCC2. The summed E-state index contributed by atoms with van der Waals surface area (Å²) in [4.78, 5) is 28.2. The molecule has 0 saturated carbocycles. The van der Waals surface area contributed by atoms with Crippen LogP contribution in [0.25, 0.3) is 5.76 Å². The van der Waals surface area contributed by atoms with Crippen molar-refractivity contribution in [3.8, 4) is 11.5 Å². The molecule has 1 heterocycles. The number of aryl methyl sites for hydroxylation is 2. The van der Waals surface area contributed by atoms with Gasteiger partial charge in [-0.05, 0) is 90.9 Å². The summed E-state index contributed by atoms with van der Waals surface area (Å²) in [7, 11) is 0. The number of halogens is 1. The van der Waals surface area contributed by atoms with Gasteiger partial charge >= 0.3 is 0 Å². The lowest BCUT2D eigenvalue weighted by atomic mass is 9.88. The Hall–Kier alpha value is -4.71. The Bertz CT molecular complexity index is 1610. The maximum Gasteiger partial charge on any atom is 0.300 e. The van der Waals surface area contributed by atoms with Gasteiger partial charge in [-0.1, -0.05) is 48.5 Å². The molecule has 1 amide bonds. The molecule has 1 saturated heterocycles. The Labute approximate surface area is 225 Å². The molecule has 1 aliphatic carbocycles. The number of hydrogen-bond donors (Lipinski definition) is 1. The lowest BCUT2D eigenvalue weighted by molar-refractivity contribution is -0.132. The van der Waals surface area contributed by atoms with Crippen LogP contribution in [0.4, 0.5) is 10.1 Å². The van der Waals surface area contributed by atoms with Gasteiger partial charge in [0.1, 0.15) is 23.1 Å². The van der Waals surface area contributed by atoms with E-state index >= 15 is 0 Å². The van der Waals surface area contributed by atoms with E-state index in [1.807, 2.05) is 42.5 Å². The van der Waals surface area contributed by atoms with Crippen LogP contribution in [0.2, 0.25) is 0 Å². The number of aliphatic hydroxyl groups is 1. The number of Topliss-reactive ketones (excluding diaryl/α,β-unsaturated/α-hetero) is 1. The lowest BCUT2D eigenvalue weighted by Gasteiger charge is -2.26. The molecule has 2 aliphatic rings. The fourth-order valence-electron chi connectivity index (χ4n) is 5.45. The van der Waals surface area contributed by atoms with Crippen molar-refractivity contribution < 1.29 is 23.8 Å². The molecular weight excluding hydrogens is 493 g/mol. The molecule has 39 heavy (non-hydrogen) atoms. The molecule has 194 valence electrons. The highest BCUT2D eigenvalue weighted by molar-refractivity contribution is 6.51. The average Bonchev–Trinajstić information content (AvgIpc) is 3.23. The molecule has 6 rings (SSSR count). The van der Waals surface area contributed by atoms with E-state index in [0.29, 0.717) is 22.6 Å². The first-order chi connectivity index (χ1) is 19.0. The van der Waals surface area contributed by atoms with Crippen LogP contribution >= 0.6 is 0 Å². The van der Waals surface area contributed by atoms with Crippen LogP contribution in [0, 0.1) is 5.82 Å². The molecule has 5 nitrogen and oxygen atoms in total. The monoisotopic (exact) mass is 519 g/mol. The van der Waals surface area contributed by atoms with Gasteiger partial charge in [0, 0.05) is 11.3 Å². The predicted octanol–water partition coefficient (Wildman–Crippen LogP) is 7.12. The first-order valence-electron chi connectivity index (χ1n) is 13.0. The van der Waals surface area contributed by atoms with Crippen LogP contribution < -0.4 is 9.64 Å². The van der Waals surface area contributed by atoms with Crippen LogP contribution in [-0.2, 0) is 22.4 Å². The van der Waals surface area contributed by atoms with E-state index in [1.54, 1.807) is 36.4 Å². The van der Waals surface area contributed by atoms with Gasteiger partial charge in [0.05, 0.1) is 11.6 Å². The third-order valence-corrected chi connectivity index (χ3v) is 7.31. The van der Waals surface area contributed by atoms with Gasteiger partial charge in [0.2, 0.25) is 0 Å². The summed E-state index contributed by atoms with van der Waals surface area (Å²) >= 11 is 0. The Morgan fingerprint density at radius 3 is 2.33 bits per heavy atom. The van der Waals surface area contributed by atoms with Crippen molar-refractivity contribution >= 4 is 23.1 Å². The number of nitrogens with zero attached hydrogens (tertiary/aromatic N) is 1. The number of ketones is 1. The van der Waals surface area contributed by atoms with Crippen LogP contribution in [-0.4, -0.2) is 16.8 Å². The molecule has 0 radical (unpaired) electrons. The topological polar surface area (TPSA) is 66.8 Å². The number of carbonyl (C=O) groups is 2. The predicted molar refractivity (Wildman–Crippen MR) is 147 cm³/mol. The normalized spacial score (nSPS) is 18.2. The number of aliphatic hydroxyl groups excluding tert-OH is 1. The summed E-state index contributed by atoms with van der Waals surface area (Å²) in [5, 5.41) is 11.5. The van der Waals surface area contributed by atoms with Crippen molar-refractivity contribution in [2.24, 2.45) is 0 Å². The van der Waals surface area contributed by atoms with E-state index in [1.165, 1.54) is 28.7 Å². The van der Waals surface area contributed by atoms with Gasteiger partial charge in [-0.15, -0.1) is 0 Å². The van der Waals surface area contributed by atoms with E-state index in [0.717, 1.165) is 31.2 Å². The maximum atomic E-state index is 14.3. The van der Waals surface area contributed by atoms with Gasteiger partial charge < -0.3 is 9.84 Å². The van der Waals surface area contributed by atoms with Crippen LogP contribution in [0.15, 0.2) is 103 Å². The highest BCUT2D eigenvalue weighted by atomic mass is 19.1. The first-order valence-corrected chi connectivity index (χ1v) is 13.0. The number of fused-ring (bicyclic) bond motifs is 1. The van der Waals surface area contributed by atoms with Gasteiger partial charge in [-0.3, -0.25) is 14.5 Å². The number of amides is 1. The molecule has 1 N–H and O–H groups in total. The van der Waals surface area contributed by atoms with Gasteiger partial charge in [0.15, 0.2) is 0 Å². The van der Waals surface area contributed by atoms with Crippen LogP contribution in [0.1, 0.15) is 41.1 Å². The molecule has 1 atom stereocenters. The summed E-state index contributed by atoms with van der Waals surface area (Å²) in [5.41, 5.74) is 3.58. The van der Waals surface area contributed by atoms with Crippen LogP contribution in [0.3, 0.4) is 0 Å². The molecule has 0 spiro atoms. The zero-order valence-corrected chi connectivity index (χ0v) is 21.1. The molecule has 1 fully saturated rings. The number of para-hydroxylation sites is 1. The maximum absolute atomic E-state index is 14.3. The quantitative estimate of drug-likeness (QED) is 0.173. The lowest BCUT2D eigenvalue weighted by Crippen LogP contribution is -2.29. The summed E-state index contributed by atoms with van der Waals surface area (Å²) in [5.74, 6) is -1.32. The van der Waals surface area contributed by atoms with E-state index in [-0.39, 0.29) is 17.0 Å². The Balaban J connectivity index is 1.50. The molecule has 6 heteroatoms. The van der Waals surface area contributed by atoms with Crippen molar-refractivity contribution in [1.82, 2.24) is 0 Å². The second-order valence-electron chi connectivity index (χ2n) is 9.83. The largest absolute Gasteiger partial charge is 0.507 e. The highest BCUT2D eigenvalue weighted by Crippen LogP contribution is 2.43. The Morgan fingerprint density at radius 1 is 0.795 bits per heavy atom. The summed E-state index contributed by atoms with van der Waals surface area (Å²) in [6.07, 6.45) is 4.07. The molecule has 4 aromatic carbocycles. The average molecular weight is 520 g/mol. The van der Waals surface area contributed by atoms with E-state index in [2.05, 4.69) is 0 Å². The second kappa shape index (κ2) is 10.2. The number of hydrogen-bond acceptors (Lipinski definition) is 4. The van der Waals surface area contributed by atoms with Crippen molar-refractivity contribution in [2.75, 3.05) is 4.90 Å². The fourth-order valence-corrected chi connectivity index (χ4v) is 5.45. The highest BCUT2D eigenvalue weighted by Gasteiger charge is 2.47. The standard InChI is InChI=1S/C33H26FNO4/c34-25-11-7-12-26(20-25)35-30(23-10-6-15-28(19-23)39-27-13-2-1-3-14-27)29(32(37)33(35)38)31(36)24-17-16-21-8-4-5-9-22(21)18-24/h1-3,6-7,10-20,30,36H,4-5,8-9H2/b31-29-. The van der Waals surface area contributed by atoms with Crippen molar-refractivity contribution in [3.05, 3.63) is 131 Å². The number of carbonyl (C=O) groups excluding carboxylic acids is 2. The summed E-state index contributed by atoms with van der Waals surface area (Å²) in [6, 6.07) is 26.5. The Kier molecular flexibility index (Phi) is 6.45. The molecule has 4 aromatic rings. The molecule has 1 aliphatic heterocycles. The third-order valence-electron chi connectivity index (χ3n) is 7.31. The zero-order chi connectivity index (χ0) is 26.9. The number of benzene rings is 4. The molecule has 1 unspecified atom stereocenters. The van der Waals surface area contributed by atoms with Gasteiger partial charge in [-0.2, -0.15) is 0 Å². The zero-order valence-electron chi connectivity index (χ0n) is 21.1. The molecular formula is C33H26FNO4. The molecule has 0 aromatic heterocycles. The van der Waals surface area contributed by atoms with Crippen molar-refractivity contribution in [3.63, 3.8) is 0 Å². The van der Waals surface area contributed by atoms with Crippen LogP contribution in [0.5, 0.6) is 11.5 Å². The van der Waals surface area contributed by atoms with E-state index in [4.69, 9.17) is 4.74 Å². The minimum absolute atomic E-state index is 0.0446. The summed E-state index contributed by atoms with van der Waals surface area (Å²) < 4.78 is 20.3. The number of rotatable bonds is 5. The summed E-state index contributed by atoms with van der Waals surface area (Å²) in [6.45, 7) is 0. The van der Waals surface area contributed by atoms with Crippen molar-refractivity contribution in [1.29, 1.82) is 0 Å². The Morgan fingerprint density at radius 2 is 1.54 bits per heavy atom. The van der Waals surface area contributed by atoms with E-state index in [9.17, 15) is 19.1 Å². The third kappa shape index (κ3) is 4.70. The number of ether oxygens (including phenoxy) is 1. The smallest absolute Gasteiger partial charge is 0.300 e. The van der Waals surface area contributed by atoms with Crippen molar-refractivity contribution in [2.45, 2.75) is 31.7 Å². The number of anilines is 1.